The maximum atomic E-state index is 11.8. The topological polar surface area (TPSA) is 89.8 Å². The van der Waals surface area contributed by atoms with Crippen LogP contribution in [0.3, 0.4) is 0 Å². The molecule has 3 N–H and O–H groups in total. The quantitative estimate of drug-likeness (QED) is 0.471. The molecule has 1 amide bonds. The van der Waals surface area contributed by atoms with Crippen LogP contribution in [0.5, 0.6) is 0 Å². The number of aromatic nitrogens is 1. The average molecular weight is 378 g/mol. The van der Waals surface area contributed by atoms with Gasteiger partial charge in [0.15, 0.2) is 5.17 Å². The first-order valence-corrected chi connectivity index (χ1v) is 9.50. The number of carbonyl (C=O) groups excluding carboxylic acids is 1. The fourth-order valence-electron chi connectivity index (χ4n) is 3.03. The Labute approximate surface area is 160 Å². The Morgan fingerprint density at radius 3 is 2.70 bits per heavy atom. The Kier molecular flexibility index (Phi) is 5.04. The van der Waals surface area contributed by atoms with Gasteiger partial charge in [-0.2, -0.15) is 5.10 Å². The molecule has 27 heavy (non-hydrogen) atoms. The molecule has 6 nitrogen and oxygen atoms in total. The molecule has 0 bridgehead atoms. The molecule has 1 saturated heterocycles. The second kappa shape index (κ2) is 7.77. The number of nitrogens with one attached hydrogen (secondary N) is 2. The molecule has 1 aliphatic heterocycles. The normalized spacial score (nSPS) is 18.6. The lowest BCUT2D eigenvalue weighted by Gasteiger charge is -2.00. The maximum absolute atomic E-state index is 11.8. The molecule has 3 aromatic rings. The number of aliphatic hydroxyl groups is 1. The number of amides is 1. The molecule has 0 radical (unpaired) electrons. The van der Waals surface area contributed by atoms with E-state index in [1.54, 1.807) is 6.21 Å². The molecule has 1 aliphatic rings. The number of amidine groups is 1. The van der Waals surface area contributed by atoms with Gasteiger partial charge < -0.3 is 15.4 Å². The second-order valence-corrected chi connectivity index (χ2v) is 7.27. The summed E-state index contributed by atoms with van der Waals surface area (Å²) in [6.07, 6.45) is 2.11. The lowest BCUT2D eigenvalue weighted by atomic mass is 10.1. The fourth-order valence-corrected chi connectivity index (χ4v) is 3.94. The molecule has 1 atom stereocenters. The highest BCUT2D eigenvalue weighted by molar-refractivity contribution is 8.15. The number of hydrogen-bond acceptors (Lipinski definition) is 5. The Balaban J connectivity index is 1.67. The third-order valence-electron chi connectivity index (χ3n) is 4.31. The largest absolute Gasteiger partial charge is 0.396 e. The number of hydrogen-bond donors (Lipinski definition) is 3. The van der Waals surface area contributed by atoms with Gasteiger partial charge in [0.2, 0.25) is 5.91 Å². The van der Waals surface area contributed by atoms with Gasteiger partial charge in [-0.25, -0.2) is 0 Å². The monoisotopic (exact) mass is 378 g/mol. The van der Waals surface area contributed by atoms with E-state index in [0.717, 1.165) is 27.7 Å². The van der Waals surface area contributed by atoms with Crippen LogP contribution >= 0.6 is 11.8 Å². The number of aromatic amines is 1. The van der Waals surface area contributed by atoms with Crippen LogP contribution in [0.25, 0.3) is 22.2 Å². The highest BCUT2D eigenvalue weighted by Gasteiger charge is 2.29. The van der Waals surface area contributed by atoms with Crippen LogP contribution in [0.4, 0.5) is 0 Å². The highest BCUT2D eigenvalue weighted by Crippen LogP contribution is 2.29. The van der Waals surface area contributed by atoms with Crippen LogP contribution in [-0.4, -0.2) is 39.2 Å². The van der Waals surface area contributed by atoms with Crippen LogP contribution in [-0.2, 0) is 4.79 Å². The predicted molar refractivity (Wildman–Crippen MR) is 110 cm³/mol. The minimum Gasteiger partial charge on any atom is -0.396 e. The number of H-pyrrole nitrogens is 1. The van der Waals surface area contributed by atoms with E-state index in [1.807, 2.05) is 54.6 Å². The summed E-state index contributed by atoms with van der Waals surface area (Å²) in [5, 5.41) is 21.3. The fraction of sp³-hybridized carbons (Fsp3) is 0.150. The zero-order valence-corrected chi connectivity index (χ0v) is 15.2. The molecule has 1 fully saturated rings. The van der Waals surface area contributed by atoms with E-state index in [0.29, 0.717) is 11.6 Å². The molecule has 0 aliphatic carbocycles. The van der Waals surface area contributed by atoms with Gasteiger partial charge in [0.1, 0.15) is 0 Å². The number of nitrogens with zero attached hydrogens (tertiary/aromatic N) is 2. The number of para-hydroxylation sites is 1. The summed E-state index contributed by atoms with van der Waals surface area (Å²) in [7, 11) is 0. The van der Waals surface area contributed by atoms with Gasteiger partial charge in [-0.1, -0.05) is 60.3 Å². The number of carbonyl (C=O) groups is 1. The van der Waals surface area contributed by atoms with Crippen molar-refractivity contribution in [3.05, 3.63) is 60.2 Å². The summed E-state index contributed by atoms with van der Waals surface area (Å²) in [6, 6.07) is 18.1. The van der Waals surface area contributed by atoms with Crippen molar-refractivity contribution in [3.8, 4) is 11.3 Å². The van der Waals surface area contributed by atoms with Gasteiger partial charge in [0, 0.05) is 23.1 Å². The molecule has 0 spiro atoms. The number of thioether (sulfide) groups is 1. The van der Waals surface area contributed by atoms with Crippen molar-refractivity contribution in [2.75, 3.05) is 6.61 Å². The minimum absolute atomic E-state index is 0.0303. The summed E-state index contributed by atoms with van der Waals surface area (Å²) < 4.78 is 0. The standard InChI is InChI=1S/C20H18N4O2S/c25-11-10-17-19(26)23-20(27-17)24-21-12-15-14-8-4-5-9-16(14)22-18(15)13-6-2-1-3-7-13/h1-9,12,17,22,25H,10-11H2,(H,23,24,26)/b21-12+. The van der Waals surface area contributed by atoms with Gasteiger partial charge in [-0.15, -0.1) is 5.10 Å². The van der Waals surface area contributed by atoms with Crippen molar-refractivity contribution in [1.82, 2.24) is 10.3 Å². The first-order valence-electron chi connectivity index (χ1n) is 8.62. The van der Waals surface area contributed by atoms with Gasteiger partial charge in [0.25, 0.3) is 0 Å². The number of fused-ring (bicyclic) bond motifs is 1. The van der Waals surface area contributed by atoms with Gasteiger partial charge in [-0.3, -0.25) is 4.79 Å². The summed E-state index contributed by atoms with van der Waals surface area (Å²) in [5.74, 6) is -0.139. The van der Waals surface area contributed by atoms with Crippen LogP contribution in [0.15, 0.2) is 64.8 Å². The molecule has 1 aromatic heterocycles. The molecule has 1 unspecified atom stereocenters. The number of rotatable bonds is 5. The van der Waals surface area contributed by atoms with E-state index in [9.17, 15) is 4.79 Å². The van der Waals surface area contributed by atoms with Crippen molar-refractivity contribution in [1.29, 1.82) is 0 Å². The van der Waals surface area contributed by atoms with Crippen molar-refractivity contribution >= 4 is 40.0 Å². The van der Waals surface area contributed by atoms with E-state index >= 15 is 0 Å². The molecule has 2 heterocycles. The Morgan fingerprint density at radius 1 is 1.11 bits per heavy atom. The minimum atomic E-state index is -0.308. The van der Waals surface area contributed by atoms with E-state index in [4.69, 9.17) is 5.11 Å². The molecule has 136 valence electrons. The van der Waals surface area contributed by atoms with E-state index < -0.39 is 0 Å². The molecule has 0 saturated carbocycles. The third kappa shape index (κ3) is 3.65. The van der Waals surface area contributed by atoms with E-state index in [1.165, 1.54) is 11.8 Å². The predicted octanol–water partition coefficient (Wildman–Crippen LogP) is 3.14. The van der Waals surface area contributed by atoms with Gasteiger partial charge in [0.05, 0.1) is 17.2 Å². The van der Waals surface area contributed by atoms with Crippen molar-refractivity contribution in [2.24, 2.45) is 10.2 Å². The number of benzene rings is 2. The molecule has 4 rings (SSSR count). The lowest BCUT2D eigenvalue weighted by molar-refractivity contribution is -0.119. The Bertz CT molecular complexity index is 1030. The Morgan fingerprint density at radius 2 is 1.89 bits per heavy atom. The van der Waals surface area contributed by atoms with Crippen molar-refractivity contribution < 1.29 is 9.90 Å². The first-order chi connectivity index (χ1) is 13.3. The molecule has 7 heteroatoms. The number of aliphatic hydroxyl groups excluding tert-OH is 1. The molecule has 2 aromatic carbocycles. The van der Waals surface area contributed by atoms with Gasteiger partial charge >= 0.3 is 0 Å². The van der Waals surface area contributed by atoms with E-state index in [-0.39, 0.29) is 17.8 Å². The zero-order valence-electron chi connectivity index (χ0n) is 14.4. The van der Waals surface area contributed by atoms with Crippen LogP contribution in [0, 0.1) is 0 Å². The smallest absolute Gasteiger partial charge is 0.239 e. The van der Waals surface area contributed by atoms with E-state index in [2.05, 4.69) is 20.5 Å². The summed E-state index contributed by atoms with van der Waals surface area (Å²) >= 11 is 1.29. The SMILES string of the molecule is O=C1N/C(=N/N=C/c2c(-c3ccccc3)[nH]c3ccccc23)SC1CCO. The average Bonchev–Trinajstić information content (AvgIpc) is 3.24. The Hall–Kier alpha value is -2.90. The maximum Gasteiger partial charge on any atom is 0.239 e. The van der Waals surface area contributed by atoms with Gasteiger partial charge in [-0.05, 0) is 18.1 Å². The van der Waals surface area contributed by atoms with Crippen LogP contribution < -0.4 is 5.32 Å². The zero-order chi connectivity index (χ0) is 18.6. The first kappa shape index (κ1) is 17.5. The highest BCUT2D eigenvalue weighted by atomic mass is 32.2. The second-order valence-electron chi connectivity index (χ2n) is 6.08. The molecular formula is C20H18N4O2S. The molecular weight excluding hydrogens is 360 g/mol. The third-order valence-corrected chi connectivity index (χ3v) is 5.45. The van der Waals surface area contributed by atoms with Crippen LogP contribution in [0.2, 0.25) is 0 Å². The summed E-state index contributed by atoms with van der Waals surface area (Å²) in [4.78, 5) is 15.2. The van der Waals surface area contributed by atoms with Crippen LogP contribution in [0.1, 0.15) is 12.0 Å². The summed E-state index contributed by atoms with van der Waals surface area (Å²) in [5.41, 5.74) is 4.01. The summed E-state index contributed by atoms with van der Waals surface area (Å²) in [6.45, 7) is -0.0303. The van der Waals surface area contributed by atoms with Crippen molar-refractivity contribution in [3.63, 3.8) is 0 Å². The van der Waals surface area contributed by atoms with Crippen molar-refractivity contribution in [2.45, 2.75) is 11.7 Å². The lowest BCUT2D eigenvalue weighted by Crippen LogP contribution is -2.25.